The quantitative estimate of drug-likeness (QED) is 0.762. The smallest absolute Gasteiger partial charge is 0.234 e. The minimum atomic E-state index is 0.0504. The number of aromatic nitrogens is 1. The van der Waals surface area contributed by atoms with Crippen LogP contribution < -0.4 is 10.6 Å². The lowest BCUT2D eigenvalue weighted by molar-refractivity contribution is -0.122. The molecule has 5 heteroatoms. The lowest BCUT2D eigenvalue weighted by Crippen LogP contribution is -2.38. The molecule has 1 aromatic heterocycles. The van der Waals surface area contributed by atoms with Gasteiger partial charge in [0.25, 0.3) is 0 Å². The zero-order chi connectivity index (χ0) is 15.0. The van der Waals surface area contributed by atoms with Crippen molar-refractivity contribution in [3.63, 3.8) is 0 Å². The van der Waals surface area contributed by atoms with Crippen LogP contribution in [-0.4, -0.2) is 42.0 Å². The number of amides is 1. The van der Waals surface area contributed by atoms with E-state index in [1.165, 1.54) is 0 Å². The average molecular weight is 278 g/mol. The topological polar surface area (TPSA) is 57.3 Å². The number of hydrogen-bond donors (Lipinski definition) is 2. The van der Waals surface area contributed by atoms with Crippen molar-refractivity contribution in [1.82, 2.24) is 15.2 Å². The van der Waals surface area contributed by atoms with Crippen LogP contribution in [0.1, 0.15) is 32.8 Å². The third-order valence-corrected chi connectivity index (χ3v) is 2.74. The molecule has 0 spiro atoms. The predicted molar refractivity (Wildman–Crippen MR) is 82.6 cm³/mol. The Morgan fingerprint density at radius 3 is 2.85 bits per heavy atom. The van der Waals surface area contributed by atoms with E-state index in [1.54, 1.807) is 6.20 Å². The Morgan fingerprint density at radius 2 is 2.20 bits per heavy atom. The first-order valence-electron chi connectivity index (χ1n) is 7.18. The van der Waals surface area contributed by atoms with Gasteiger partial charge in [0.1, 0.15) is 5.82 Å². The zero-order valence-electron chi connectivity index (χ0n) is 12.9. The standard InChI is InChI=1S/C15H26N4O/c1-5-8-16-15-13(7-6-9-17-15)10-19(4)11-14(20)18-12(2)3/h6-7,9,12H,5,8,10-11H2,1-4H3,(H,16,17)(H,18,20). The first-order chi connectivity index (χ1) is 9.52. The van der Waals surface area contributed by atoms with Crippen LogP contribution in [0.25, 0.3) is 0 Å². The van der Waals surface area contributed by atoms with Crippen molar-refractivity contribution in [2.45, 2.75) is 39.8 Å². The zero-order valence-corrected chi connectivity index (χ0v) is 12.9. The summed E-state index contributed by atoms with van der Waals surface area (Å²) < 4.78 is 0. The number of carbonyl (C=O) groups is 1. The van der Waals surface area contributed by atoms with Gasteiger partial charge in [-0.2, -0.15) is 0 Å². The van der Waals surface area contributed by atoms with Gasteiger partial charge in [-0.3, -0.25) is 9.69 Å². The molecule has 1 heterocycles. The molecule has 112 valence electrons. The summed E-state index contributed by atoms with van der Waals surface area (Å²) in [7, 11) is 1.94. The molecule has 0 aliphatic rings. The van der Waals surface area contributed by atoms with Gasteiger partial charge in [-0.05, 0) is 33.4 Å². The van der Waals surface area contributed by atoms with Crippen LogP contribution in [-0.2, 0) is 11.3 Å². The van der Waals surface area contributed by atoms with Gasteiger partial charge in [0, 0.05) is 30.9 Å². The number of carbonyl (C=O) groups excluding carboxylic acids is 1. The summed E-state index contributed by atoms with van der Waals surface area (Å²) in [5, 5.41) is 6.21. The van der Waals surface area contributed by atoms with Gasteiger partial charge < -0.3 is 10.6 Å². The minimum absolute atomic E-state index is 0.0504. The molecule has 0 saturated heterocycles. The van der Waals surface area contributed by atoms with Crippen LogP contribution >= 0.6 is 0 Å². The van der Waals surface area contributed by atoms with Crippen molar-refractivity contribution in [3.8, 4) is 0 Å². The highest BCUT2D eigenvalue weighted by Crippen LogP contribution is 2.13. The summed E-state index contributed by atoms with van der Waals surface area (Å²) in [5.41, 5.74) is 1.11. The summed E-state index contributed by atoms with van der Waals surface area (Å²) in [6, 6.07) is 4.15. The van der Waals surface area contributed by atoms with E-state index >= 15 is 0 Å². The molecule has 1 aromatic rings. The Hall–Kier alpha value is -1.62. The Balaban J connectivity index is 2.56. The van der Waals surface area contributed by atoms with Gasteiger partial charge in [0.05, 0.1) is 6.54 Å². The molecule has 1 rings (SSSR count). The fourth-order valence-electron chi connectivity index (χ4n) is 1.93. The largest absolute Gasteiger partial charge is 0.370 e. The molecule has 0 aliphatic carbocycles. The van der Waals surface area contributed by atoms with E-state index in [0.717, 1.165) is 24.3 Å². The first-order valence-corrected chi connectivity index (χ1v) is 7.18. The molecule has 5 nitrogen and oxygen atoms in total. The second-order valence-corrected chi connectivity index (χ2v) is 5.33. The highest BCUT2D eigenvalue weighted by Gasteiger charge is 2.10. The lowest BCUT2D eigenvalue weighted by atomic mass is 10.2. The average Bonchev–Trinajstić information content (AvgIpc) is 2.36. The van der Waals surface area contributed by atoms with E-state index < -0.39 is 0 Å². The molecule has 0 unspecified atom stereocenters. The van der Waals surface area contributed by atoms with Gasteiger partial charge >= 0.3 is 0 Å². The number of anilines is 1. The molecular formula is C15H26N4O. The maximum absolute atomic E-state index is 11.7. The van der Waals surface area contributed by atoms with Crippen LogP contribution in [0.2, 0.25) is 0 Å². The van der Waals surface area contributed by atoms with Gasteiger partial charge in [0.15, 0.2) is 0 Å². The van der Waals surface area contributed by atoms with Gasteiger partial charge in [-0.1, -0.05) is 13.0 Å². The van der Waals surface area contributed by atoms with E-state index in [9.17, 15) is 4.79 Å². The Bertz CT molecular complexity index is 420. The summed E-state index contributed by atoms with van der Waals surface area (Å²) in [5.74, 6) is 0.958. The second kappa shape index (κ2) is 8.53. The lowest BCUT2D eigenvalue weighted by Gasteiger charge is -2.19. The second-order valence-electron chi connectivity index (χ2n) is 5.33. The normalized spacial score (nSPS) is 10.9. The minimum Gasteiger partial charge on any atom is -0.370 e. The van der Waals surface area contributed by atoms with Crippen LogP contribution in [0.4, 0.5) is 5.82 Å². The fourth-order valence-corrected chi connectivity index (χ4v) is 1.93. The molecule has 0 aliphatic heterocycles. The Kier molecular flexibility index (Phi) is 7.01. The summed E-state index contributed by atoms with van der Waals surface area (Å²) in [6.07, 6.45) is 2.84. The number of nitrogens with one attached hydrogen (secondary N) is 2. The maximum Gasteiger partial charge on any atom is 0.234 e. The van der Waals surface area contributed by atoms with E-state index in [-0.39, 0.29) is 11.9 Å². The van der Waals surface area contributed by atoms with Crippen molar-refractivity contribution in [3.05, 3.63) is 23.9 Å². The van der Waals surface area contributed by atoms with E-state index in [1.807, 2.05) is 37.9 Å². The van der Waals surface area contributed by atoms with E-state index in [4.69, 9.17) is 0 Å². The van der Waals surface area contributed by atoms with Crippen LogP contribution in [0.15, 0.2) is 18.3 Å². The number of pyridine rings is 1. The number of nitrogens with zero attached hydrogens (tertiary/aromatic N) is 2. The summed E-state index contributed by atoms with van der Waals surface area (Å²) in [6.45, 7) is 8.04. The van der Waals surface area contributed by atoms with Crippen molar-refractivity contribution >= 4 is 11.7 Å². The van der Waals surface area contributed by atoms with E-state index in [0.29, 0.717) is 13.1 Å². The molecular weight excluding hydrogens is 252 g/mol. The molecule has 1 amide bonds. The van der Waals surface area contributed by atoms with Crippen LogP contribution in [0.5, 0.6) is 0 Å². The van der Waals surface area contributed by atoms with Crippen molar-refractivity contribution < 1.29 is 4.79 Å². The molecule has 0 atom stereocenters. The third-order valence-electron chi connectivity index (χ3n) is 2.74. The summed E-state index contributed by atoms with van der Waals surface area (Å²) >= 11 is 0. The Labute approximate surface area is 121 Å². The van der Waals surface area contributed by atoms with Gasteiger partial charge in [0.2, 0.25) is 5.91 Å². The summed E-state index contributed by atoms with van der Waals surface area (Å²) in [4.78, 5) is 18.1. The predicted octanol–water partition coefficient (Wildman–Crippen LogP) is 1.86. The number of likely N-dealkylation sites (N-methyl/N-ethyl adjacent to an activating group) is 1. The van der Waals surface area contributed by atoms with Crippen molar-refractivity contribution in [2.24, 2.45) is 0 Å². The van der Waals surface area contributed by atoms with Crippen molar-refractivity contribution in [2.75, 3.05) is 25.5 Å². The van der Waals surface area contributed by atoms with Crippen LogP contribution in [0, 0.1) is 0 Å². The molecule has 0 aromatic carbocycles. The molecule has 0 fully saturated rings. The highest BCUT2D eigenvalue weighted by molar-refractivity contribution is 5.78. The third kappa shape index (κ3) is 6.02. The van der Waals surface area contributed by atoms with Crippen LogP contribution in [0.3, 0.4) is 0 Å². The molecule has 0 radical (unpaired) electrons. The van der Waals surface area contributed by atoms with E-state index in [2.05, 4.69) is 22.5 Å². The first kappa shape index (κ1) is 16.4. The number of hydrogen-bond acceptors (Lipinski definition) is 4. The van der Waals surface area contributed by atoms with Crippen molar-refractivity contribution in [1.29, 1.82) is 0 Å². The van der Waals surface area contributed by atoms with Gasteiger partial charge in [-0.25, -0.2) is 4.98 Å². The monoisotopic (exact) mass is 278 g/mol. The molecule has 2 N–H and O–H groups in total. The van der Waals surface area contributed by atoms with Gasteiger partial charge in [-0.15, -0.1) is 0 Å². The molecule has 0 bridgehead atoms. The number of rotatable bonds is 8. The molecule has 0 saturated carbocycles. The SMILES string of the molecule is CCCNc1ncccc1CN(C)CC(=O)NC(C)C. The highest BCUT2D eigenvalue weighted by atomic mass is 16.2. The molecule has 20 heavy (non-hydrogen) atoms. The fraction of sp³-hybridized carbons (Fsp3) is 0.600. The Morgan fingerprint density at radius 1 is 1.45 bits per heavy atom. The maximum atomic E-state index is 11.7.